The van der Waals surface area contributed by atoms with Gasteiger partial charge in [-0.2, -0.15) is 0 Å². The number of rotatable bonds is 4. The molecule has 1 nitrogen and oxygen atoms in total. The minimum Gasteiger partial charge on any atom is -0.339 e. The van der Waals surface area contributed by atoms with E-state index in [1.807, 2.05) is 36.1 Å². The standard InChI is InChI=1S/C17H18F2N.Ti/c1-12(2)11-20(15-7-4-13(3)5-8-15)17-9-6-14(18)10-16(17)19;/h4-9,12H,11H2,1-3H3;. The minimum atomic E-state index is -0.681. The van der Waals surface area contributed by atoms with Crippen LogP contribution in [0.1, 0.15) is 19.4 Å². The number of nitrogens with zero attached hydrogens (tertiary/aromatic N) is 1. The van der Waals surface area contributed by atoms with Gasteiger partial charge in [-0.25, -0.2) is 8.78 Å². The summed E-state index contributed by atoms with van der Waals surface area (Å²) in [6.07, 6.45) is 0. The van der Waals surface area contributed by atoms with E-state index in [9.17, 15) is 8.78 Å². The molecule has 0 aliphatic carbocycles. The van der Waals surface area contributed by atoms with E-state index in [0.717, 1.165) is 11.3 Å². The molecule has 0 aliphatic rings. The first-order valence-electron chi connectivity index (χ1n) is 6.69. The molecule has 0 aliphatic heterocycles. The Hall–Kier alpha value is -1.19. The van der Waals surface area contributed by atoms with Crippen molar-refractivity contribution in [2.45, 2.75) is 20.8 Å². The Bertz CT molecular complexity index is 582. The van der Waals surface area contributed by atoms with Crippen LogP contribution in [-0.2, 0) is 21.7 Å². The van der Waals surface area contributed by atoms with Gasteiger partial charge in [0, 0.05) is 33.9 Å². The van der Waals surface area contributed by atoms with E-state index in [2.05, 4.69) is 19.9 Å². The molecule has 0 atom stereocenters. The molecule has 0 bridgehead atoms. The zero-order valence-corrected chi connectivity index (χ0v) is 14.0. The van der Waals surface area contributed by atoms with Crippen LogP contribution in [-0.4, -0.2) is 6.54 Å². The third kappa shape index (κ3) is 4.65. The van der Waals surface area contributed by atoms with Gasteiger partial charge >= 0.3 is 0 Å². The summed E-state index contributed by atoms with van der Waals surface area (Å²) < 4.78 is 27.0. The van der Waals surface area contributed by atoms with E-state index < -0.39 is 11.6 Å². The van der Waals surface area contributed by atoms with Crippen LogP contribution in [0.15, 0.2) is 36.4 Å². The third-order valence-corrected chi connectivity index (χ3v) is 3.03. The van der Waals surface area contributed by atoms with Gasteiger partial charge in [-0.05, 0) is 37.1 Å². The number of halogens is 2. The van der Waals surface area contributed by atoms with Crippen molar-refractivity contribution in [3.63, 3.8) is 0 Å². The molecule has 0 unspecified atom stereocenters. The van der Waals surface area contributed by atoms with Crippen LogP contribution in [0.2, 0.25) is 0 Å². The smallest absolute Gasteiger partial charge is 0.157 e. The Morgan fingerprint density at radius 2 is 1.67 bits per heavy atom. The largest absolute Gasteiger partial charge is 0.339 e. The summed E-state index contributed by atoms with van der Waals surface area (Å²) in [6.45, 7) is 6.78. The maximum absolute atomic E-state index is 14.0. The van der Waals surface area contributed by atoms with Gasteiger partial charge in [0.1, 0.15) is 5.82 Å². The molecule has 0 fully saturated rings. The molecule has 4 heteroatoms. The molecule has 0 saturated carbocycles. The molecular weight excluding hydrogens is 304 g/mol. The quantitative estimate of drug-likeness (QED) is 0.726. The topological polar surface area (TPSA) is 3.24 Å². The van der Waals surface area contributed by atoms with E-state index in [1.54, 1.807) is 0 Å². The van der Waals surface area contributed by atoms with E-state index in [-0.39, 0.29) is 21.7 Å². The molecule has 2 rings (SSSR count). The predicted molar refractivity (Wildman–Crippen MR) is 78.2 cm³/mol. The maximum Gasteiger partial charge on any atom is 0.157 e. The van der Waals surface area contributed by atoms with Crippen LogP contribution < -0.4 is 4.90 Å². The number of benzene rings is 2. The van der Waals surface area contributed by atoms with Crippen molar-refractivity contribution in [1.29, 1.82) is 0 Å². The average Bonchev–Trinajstić information content (AvgIpc) is 2.37. The van der Waals surface area contributed by atoms with E-state index in [0.29, 0.717) is 18.2 Å². The molecule has 109 valence electrons. The zero-order valence-electron chi connectivity index (χ0n) is 12.5. The summed E-state index contributed by atoms with van der Waals surface area (Å²) in [7, 11) is 0. The summed E-state index contributed by atoms with van der Waals surface area (Å²) in [5.41, 5.74) is 2.39. The fraction of sp³-hybridized carbons (Fsp3) is 0.294. The second-order valence-electron chi connectivity index (χ2n) is 5.35. The first-order valence-corrected chi connectivity index (χ1v) is 6.69. The third-order valence-electron chi connectivity index (χ3n) is 3.03. The predicted octanol–water partition coefficient (Wildman–Crippen LogP) is 4.87. The van der Waals surface area contributed by atoms with Gasteiger partial charge < -0.3 is 4.90 Å². The van der Waals surface area contributed by atoms with Crippen molar-refractivity contribution in [3.05, 3.63) is 59.7 Å². The van der Waals surface area contributed by atoms with Gasteiger partial charge in [-0.3, -0.25) is 0 Å². The van der Waals surface area contributed by atoms with Gasteiger partial charge in [0.15, 0.2) is 5.82 Å². The van der Waals surface area contributed by atoms with Gasteiger partial charge in [0.25, 0.3) is 0 Å². The van der Waals surface area contributed by atoms with E-state index >= 15 is 0 Å². The van der Waals surface area contributed by atoms with Crippen LogP contribution >= 0.6 is 0 Å². The second kappa shape index (κ2) is 7.72. The first kappa shape index (κ1) is 17.9. The van der Waals surface area contributed by atoms with Crippen LogP contribution in [0.4, 0.5) is 20.2 Å². The number of hydrogen-bond acceptors (Lipinski definition) is 1. The average molecular weight is 322 g/mol. The molecule has 21 heavy (non-hydrogen) atoms. The van der Waals surface area contributed by atoms with Crippen molar-refractivity contribution >= 4 is 11.4 Å². The van der Waals surface area contributed by atoms with Crippen LogP contribution in [0.5, 0.6) is 0 Å². The van der Waals surface area contributed by atoms with Gasteiger partial charge in [-0.1, -0.05) is 31.5 Å². The van der Waals surface area contributed by atoms with Gasteiger partial charge in [-0.15, -0.1) is 0 Å². The Labute approximate surface area is 139 Å². The summed E-state index contributed by atoms with van der Waals surface area (Å²) in [5, 5.41) is 0. The zero-order chi connectivity index (χ0) is 14.7. The summed E-state index contributed by atoms with van der Waals surface area (Å²) in [4.78, 5) is 1.86. The molecule has 2 aromatic carbocycles. The van der Waals surface area contributed by atoms with Crippen molar-refractivity contribution in [3.8, 4) is 0 Å². The number of anilines is 2. The maximum atomic E-state index is 14.0. The summed E-state index contributed by atoms with van der Waals surface area (Å²) in [6, 6.07) is 12.6. The number of hydrogen-bond donors (Lipinski definition) is 0. The molecular formula is C17H18F2NTi. The van der Waals surface area contributed by atoms with Crippen LogP contribution in [0.3, 0.4) is 0 Å². The fourth-order valence-electron chi connectivity index (χ4n) is 2.08. The van der Waals surface area contributed by atoms with Crippen molar-refractivity contribution in [2.75, 3.05) is 11.4 Å². The van der Waals surface area contributed by atoms with E-state index in [4.69, 9.17) is 0 Å². The minimum absolute atomic E-state index is 0. The van der Waals surface area contributed by atoms with Gasteiger partial charge in [0.05, 0.1) is 11.8 Å². The Morgan fingerprint density at radius 3 is 2.19 bits per heavy atom. The number of aryl methyl sites for hydroxylation is 1. The van der Waals surface area contributed by atoms with E-state index in [1.165, 1.54) is 12.1 Å². The normalized spacial score (nSPS) is 10.4. The van der Waals surface area contributed by atoms with Crippen LogP contribution in [0, 0.1) is 30.5 Å². The summed E-state index contributed by atoms with van der Waals surface area (Å²) in [5.74, 6) is -0.994. The van der Waals surface area contributed by atoms with Crippen molar-refractivity contribution in [1.82, 2.24) is 0 Å². The molecule has 0 amide bonds. The Kier molecular flexibility index (Phi) is 6.57. The first-order chi connectivity index (χ1) is 9.47. The van der Waals surface area contributed by atoms with Crippen molar-refractivity contribution in [2.24, 2.45) is 5.92 Å². The monoisotopic (exact) mass is 322 g/mol. The molecule has 0 aromatic heterocycles. The molecule has 0 spiro atoms. The molecule has 2 aromatic rings. The van der Waals surface area contributed by atoms with Gasteiger partial charge in [0.2, 0.25) is 0 Å². The van der Waals surface area contributed by atoms with Crippen LogP contribution in [0.25, 0.3) is 0 Å². The van der Waals surface area contributed by atoms with Crippen molar-refractivity contribution < 1.29 is 30.5 Å². The molecule has 0 saturated heterocycles. The molecule has 0 heterocycles. The SMILES string of the molecule is Cc1ccc(N(CC(C)C)c2ccc(F)[c]c2F)cc1.[Ti]. The fourth-order valence-corrected chi connectivity index (χ4v) is 2.08. The molecule has 1 radical (unpaired) electrons. The Morgan fingerprint density at radius 1 is 1.05 bits per heavy atom. The Balaban J connectivity index is 0.00000220. The second-order valence-corrected chi connectivity index (χ2v) is 5.35. The molecule has 0 N–H and O–H groups in total. The summed E-state index contributed by atoms with van der Waals surface area (Å²) >= 11 is 0.